The van der Waals surface area contributed by atoms with Crippen LogP contribution in [-0.4, -0.2) is 0 Å². The van der Waals surface area contributed by atoms with Crippen LogP contribution in [0, 0.1) is 5.82 Å². The molecule has 0 aliphatic carbocycles. The van der Waals surface area contributed by atoms with Crippen LogP contribution in [-0.2, 0) is 6.42 Å². The van der Waals surface area contributed by atoms with E-state index in [9.17, 15) is 4.39 Å². The van der Waals surface area contributed by atoms with Gasteiger partial charge in [-0.3, -0.25) is 0 Å². The predicted octanol–water partition coefficient (Wildman–Crippen LogP) is 4.08. The van der Waals surface area contributed by atoms with Crippen molar-refractivity contribution in [2.45, 2.75) is 12.5 Å². The van der Waals surface area contributed by atoms with Gasteiger partial charge in [-0.25, -0.2) is 4.39 Å². The Morgan fingerprint density at radius 2 is 2.18 bits per heavy atom. The second-order valence-corrected chi connectivity index (χ2v) is 4.79. The molecule has 90 valence electrons. The lowest BCUT2D eigenvalue weighted by Crippen LogP contribution is -2.14. The molecule has 1 aromatic heterocycles. The smallest absolute Gasteiger partial charge is 0.173 e. The van der Waals surface area contributed by atoms with Crippen LogP contribution in [0.4, 0.5) is 4.39 Å². The second kappa shape index (κ2) is 5.21. The summed E-state index contributed by atoms with van der Waals surface area (Å²) in [7, 11) is 0. The van der Waals surface area contributed by atoms with Crippen LogP contribution in [0.2, 0.25) is 5.02 Å². The van der Waals surface area contributed by atoms with Gasteiger partial charge in [0, 0.05) is 22.2 Å². The quantitative estimate of drug-likeness (QED) is 0.926. The lowest BCUT2D eigenvalue weighted by atomic mass is 10.0. The van der Waals surface area contributed by atoms with E-state index in [0.717, 1.165) is 5.56 Å². The predicted molar refractivity (Wildman–Crippen MR) is 68.5 cm³/mol. The fraction of sp³-hybridized carbons (Fsp3) is 0.167. The van der Waals surface area contributed by atoms with Gasteiger partial charge in [-0.1, -0.05) is 17.7 Å². The normalized spacial score (nSPS) is 12.7. The Balaban J connectivity index is 2.25. The zero-order valence-corrected chi connectivity index (χ0v) is 11.1. The molecular formula is C12H10BrClFNO. The third-order valence-corrected chi connectivity index (χ3v) is 3.53. The molecule has 0 radical (unpaired) electrons. The molecule has 1 heterocycles. The molecule has 0 aliphatic heterocycles. The van der Waals surface area contributed by atoms with Crippen molar-refractivity contribution in [3.8, 4) is 0 Å². The zero-order chi connectivity index (χ0) is 12.4. The molecule has 1 atom stereocenters. The third kappa shape index (κ3) is 2.70. The maximum atomic E-state index is 13.6. The molecule has 0 saturated carbocycles. The van der Waals surface area contributed by atoms with Crippen LogP contribution in [0.1, 0.15) is 17.2 Å². The van der Waals surface area contributed by atoms with E-state index in [-0.39, 0.29) is 11.9 Å². The van der Waals surface area contributed by atoms with Gasteiger partial charge in [0.25, 0.3) is 0 Å². The van der Waals surface area contributed by atoms with E-state index in [1.54, 1.807) is 18.2 Å². The van der Waals surface area contributed by atoms with Gasteiger partial charge in [-0.2, -0.15) is 0 Å². The summed E-state index contributed by atoms with van der Waals surface area (Å²) in [6.45, 7) is 0. The molecule has 17 heavy (non-hydrogen) atoms. The molecule has 0 fully saturated rings. The molecule has 2 aromatic rings. The number of halogens is 3. The SMILES string of the molecule is NC(Cc1c(F)cccc1Cl)c1ccoc1Br. The molecule has 0 bridgehead atoms. The number of rotatable bonds is 3. The topological polar surface area (TPSA) is 39.2 Å². The van der Waals surface area contributed by atoms with Gasteiger partial charge in [-0.05, 0) is 40.5 Å². The van der Waals surface area contributed by atoms with E-state index in [2.05, 4.69) is 15.9 Å². The first kappa shape index (κ1) is 12.6. The van der Waals surface area contributed by atoms with Crippen LogP contribution in [0.5, 0.6) is 0 Å². The fourth-order valence-corrected chi connectivity index (χ4v) is 2.40. The number of nitrogens with two attached hydrogens (primary N) is 1. The van der Waals surface area contributed by atoms with Crippen LogP contribution in [0.3, 0.4) is 0 Å². The largest absolute Gasteiger partial charge is 0.457 e. The number of hydrogen-bond donors (Lipinski definition) is 1. The molecule has 1 aromatic carbocycles. The highest BCUT2D eigenvalue weighted by atomic mass is 79.9. The second-order valence-electron chi connectivity index (χ2n) is 3.66. The summed E-state index contributed by atoms with van der Waals surface area (Å²) < 4.78 is 19.2. The van der Waals surface area contributed by atoms with Crippen molar-refractivity contribution in [1.82, 2.24) is 0 Å². The van der Waals surface area contributed by atoms with Gasteiger partial charge in [-0.15, -0.1) is 0 Å². The summed E-state index contributed by atoms with van der Waals surface area (Å²) in [6, 6.07) is 5.98. The highest BCUT2D eigenvalue weighted by Crippen LogP contribution is 2.28. The summed E-state index contributed by atoms with van der Waals surface area (Å²) in [5.41, 5.74) is 7.22. The summed E-state index contributed by atoms with van der Waals surface area (Å²) >= 11 is 9.19. The Hall–Kier alpha value is -0.840. The van der Waals surface area contributed by atoms with Crippen LogP contribution in [0.25, 0.3) is 0 Å². The lowest BCUT2D eigenvalue weighted by molar-refractivity contribution is 0.529. The van der Waals surface area contributed by atoms with Crippen LogP contribution in [0.15, 0.2) is 39.6 Å². The van der Waals surface area contributed by atoms with Crippen molar-refractivity contribution in [1.29, 1.82) is 0 Å². The minimum absolute atomic E-state index is 0.323. The molecule has 0 aliphatic rings. The number of furan rings is 1. The zero-order valence-electron chi connectivity index (χ0n) is 8.79. The Bertz CT molecular complexity index is 509. The monoisotopic (exact) mass is 317 g/mol. The van der Waals surface area contributed by atoms with Crippen molar-refractivity contribution in [2.24, 2.45) is 5.73 Å². The van der Waals surface area contributed by atoms with Crippen LogP contribution >= 0.6 is 27.5 Å². The average Bonchev–Trinajstić information content (AvgIpc) is 2.70. The average molecular weight is 319 g/mol. The Kier molecular flexibility index (Phi) is 3.86. The summed E-state index contributed by atoms with van der Waals surface area (Å²) in [5, 5.41) is 0.389. The first-order valence-electron chi connectivity index (χ1n) is 5.01. The molecule has 0 amide bonds. The molecule has 2 rings (SSSR count). The van der Waals surface area contributed by atoms with Crippen molar-refractivity contribution in [3.05, 3.63) is 57.2 Å². The fourth-order valence-electron chi connectivity index (χ4n) is 1.63. The maximum Gasteiger partial charge on any atom is 0.173 e. The Labute approximate surface area is 112 Å². The summed E-state index contributed by atoms with van der Waals surface area (Å²) in [5.74, 6) is -0.340. The summed E-state index contributed by atoms with van der Waals surface area (Å²) in [6.07, 6.45) is 1.85. The van der Waals surface area contributed by atoms with E-state index >= 15 is 0 Å². The minimum atomic E-state index is -0.363. The van der Waals surface area contributed by atoms with Gasteiger partial charge in [0.15, 0.2) is 4.67 Å². The maximum absolute atomic E-state index is 13.6. The lowest BCUT2D eigenvalue weighted by Gasteiger charge is -2.12. The van der Waals surface area contributed by atoms with Crippen molar-refractivity contribution >= 4 is 27.5 Å². The van der Waals surface area contributed by atoms with Gasteiger partial charge >= 0.3 is 0 Å². The highest BCUT2D eigenvalue weighted by molar-refractivity contribution is 9.10. The first-order chi connectivity index (χ1) is 8.09. The molecule has 0 saturated heterocycles. The molecule has 5 heteroatoms. The van der Waals surface area contributed by atoms with Crippen molar-refractivity contribution in [3.63, 3.8) is 0 Å². The molecule has 0 spiro atoms. The van der Waals surface area contributed by atoms with Gasteiger partial charge in [0.2, 0.25) is 0 Å². The van der Waals surface area contributed by atoms with Crippen molar-refractivity contribution in [2.75, 3.05) is 0 Å². The summed E-state index contributed by atoms with van der Waals surface area (Å²) in [4.78, 5) is 0. The van der Waals surface area contributed by atoms with Crippen molar-refractivity contribution < 1.29 is 8.81 Å². The molecule has 2 nitrogen and oxygen atoms in total. The molecule has 2 N–H and O–H groups in total. The minimum Gasteiger partial charge on any atom is -0.457 e. The highest BCUT2D eigenvalue weighted by Gasteiger charge is 2.16. The Morgan fingerprint density at radius 1 is 1.41 bits per heavy atom. The van der Waals surface area contributed by atoms with Crippen LogP contribution < -0.4 is 5.73 Å². The molecular weight excluding hydrogens is 308 g/mol. The van der Waals surface area contributed by atoms with Gasteiger partial charge < -0.3 is 10.2 Å². The molecule has 1 unspecified atom stereocenters. The number of benzene rings is 1. The van der Waals surface area contributed by atoms with E-state index in [4.69, 9.17) is 21.8 Å². The van der Waals surface area contributed by atoms with E-state index in [0.29, 0.717) is 21.7 Å². The van der Waals surface area contributed by atoms with E-state index in [1.165, 1.54) is 12.3 Å². The van der Waals surface area contributed by atoms with Gasteiger partial charge in [0.05, 0.1) is 6.26 Å². The number of hydrogen-bond acceptors (Lipinski definition) is 2. The Morgan fingerprint density at radius 3 is 2.76 bits per heavy atom. The van der Waals surface area contributed by atoms with Gasteiger partial charge in [0.1, 0.15) is 5.82 Å². The first-order valence-corrected chi connectivity index (χ1v) is 6.18. The van der Waals surface area contributed by atoms with E-state index in [1.807, 2.05) is 0 Å². The standard InChI is InChI=1S/C12H10BrClFNO/c13-12-7(4-5-17-12)11(16)6-8-9(14)2-1-3-10(8)15/h1-5,11H,6,16H2. The van der Waals surface area contributed by atoms with E-state index < -0.39 is 0 Å². The third-order valence-electron chi connectivity index (χ3n) is 2.53.